The minimum Gasteiger partial charge on any atom is -0.357 e. The quantitative estimate of drug-likeness (QED) is 0.761. The Morgan fingerprint density at radius 1 is 1.08 bits per heavy atom. The van der Waals surface area contributed by atoms with Gasteiger partial charge in [0.15, 0.2) is 5.44 Å². The van der Waals surface area contributed by atoms with Crippen molar-refractivity contribution >= 4 is 22.9 Å². The highest BCUT2D eigenvalue weighted by atomic mass is 32.2. The maximum absolute atomic E-state index is 12.4. The van der Waals surface area contributed by atoms with Crippen molar-refractivity contribution in [1.82, 2.24) is 9.88 Å². The van der Waals surface area contributed by atoms with Crippen molar-refractivity contribution in [3.63, 3.8) is 0 Å². The van der Waals surface area contributed by atoms with Crippen LogP contribution in [0.25, 0.3) is 0 Å². The van der Waals surface area contributed by atoms with Crippen molar-refractivity contribution < 1.29 is 14.3 Å². The molecule has 0 aliphatic carbocycles. The van der Waals surface area contributed by atoms with Crippen LogP contribution >= 0.6 is 11.8 Å². The molecule has 1 atom stereocenters. The molecule has 0 spiro atoms. The van der Waals surface area contributed by atoms with Crippen LogP contribution in [-0.4, -0.2) is 33.1 Å². The van der Waals surface area contributed by atoms with Crippen molar-refractivity contribution in [2.24, 2.45) is 0 Å². The highest BCUT2D eigenvalue weighted by Crippen LogP contribution is 2.29. The number of amides is 2. The van der Waals surface area contributed by atoms with E-state index < -0.39 is 5.44 Å². The van der Waals surface area contributed by atoms with Crippen LogP contribution in [0.2, 0.25) is 0 Å². The van der Waals surface area contributed by atoms with Crippen LogP contribution in [0.4, 0.5) is 4.79 Å². The van der Waals surface area contributed by atoms with Gasteiger partial charge in [0.1, 0.15) is 0 Å². The summed E-state index contributed by atoms with van der Waals surface area (Å²) in [5.41, 5.74) is 2.13. The molecule has 0 N–H and O–H groups in total. The van der Waals surface area contributed by atoms with E-state index >= 15 is 0 Å². The number of thioether (sulfide) groups is 1. The lowest BCUT2D eigenvalue weighted by Gasteiger charge is -2.14. The second kappa shape index (κ2) is 8.27. The number of benzene rings is 1. The summed E-state index contributed by atoms with van der Waals surface area (Å²) in [7, 11) is 0. The van der Waals surface area contributed by atoms with E-state index in [9.17, 15) is 9.59 Å². The van der Waals surface area contributed by atoms with Gasteiger partial charge in [0.25, 0.3) is 11.1 Å². The number of aromatic nitrogens is 1. The Hall–Kier alpha value is -2.18. The molecule has 25 heavy (non-hydrogen) atoms. The fourth-order valence-corrected chi connectivity index (χ4v) is 3.43. The van der Waals surface area contributed by atoms with Gasteiger partial charge in [-0.3, -0.25) is 19.5 Å². The zero-order chi connectivity index (χ0) is 17.6. The number of pyridine rings is 1. The zero-order valence-electron chi connectivity index (χ0n) is 14.1. The van der Waals surface area contributed by atoms with Crippen molar-refractivity contribution in [3.05, 3.63) is 65.5 Å². The van der Waals surface area contributed by atoms with Crippen LogP contribution in [-0.2, 0) is 28.9 Å². The molecule has 1 aliphatic heterocycles. The average Bonchev–Trinajstić information content (AvgIpc) is 2.90. The van der Waals surface area contributed by atoms with Gasteiger partial charge < -0.3 is 4.74 Å². The summed E-state index contributed by atoms with van der Waals surface area (Å²) in [6.45, 7) is 2.70. The first-order valence-electron chi connectivity index (χ1n) is 8.29. The average molecular weight is 356 g/mol. The lowest BCUT2D eigenvalue weighted by atomic mass is 10.2. The van der Waals surface area contributed by atoms with Gasteiger partial charge in [0.2, 0.25) is 0 Å². The molecular formula is C19H20N2O3S. The third kappa shape index (κ3) is 4.46. The number of hydrogen-bond acceptors (Lipinski definition) is 5. The Balaban J connectivity index is 1.53. The van der Waals surface area contributed by atoms with E-state index in [1.54, 1.807) is 0 Å². The van der Waals surface area contributed by atoms with E-state index in [0.29, 0.717) is 13.0 Å². The number of nitrogens with zero attached hydrogens (tertiary/aromatic N) is 2. The molecule has 1 aromatic heterocycles. The van der Waals surface area contributed by atoms with Gasteiger partial charge in [0, 0.05) is 17.8 Å². The van der Waals surface area contributed by atoms with E-state index in [-0.39, 0.29) is 17.7 Å². The molecule has 6 heteroatoms. The van der Waals surface area contributed by atoms with Gasteiger partial charge in [-0.15, -0.1) is 0 Å². The third-order valence-corrected chi connectivity index (χ3v) is 4.91. The smallest absolute Gasteiger partial charge is 0.291 e. The predicted molar refractivity (Wildman–Crippen MR) is 97.0 cm³/mol. The normalized spacial score (nSPS) is 17.3. The number of rotatable bonds is 7. The second-order valence-electron chi connectivity index (χ2n) is 5.72. The highest BCUT2D eigenvalue weighted by molar-refractivity contribution is 8.15. The van der Waals surface area contributed by atoms with E-state index in [0.717, 1.165) is 35.1 Å². The van der Waals surface area contributed by atoms with Crippen LogP contribution in [0.3, 0.4) is 0 Å². The molecule has 0 radical (unpaired) electrons. The Bertz CT molecular complexity index is 751. The molecule has 1 aliphatic rings. The van der Waals surface area contributed by atoms with E-state index in [1.807, 2.05) is 48.5 Å². The lowest BCUT2D eigenvalue weighted by Crippen LogP contribution is -2.32. The van der Waals surface area contributed by atoms with Crippen molar-refractivity contribution in [1.29, 1.82) is 0 Å². The van der Waals surface area contributed by atoms with Crippen LogP contribution in [0.15, 0.2) is 48.5 Å². The standard InChI is InChI=1S/C19H20N2O3S/c1-2-15-9-6-10-16(20-15)11-12-24-18-17(22)21(19(23)25-18)13-14-7-4-3-5-8-14/h3-10,18H,2,11-13H2,1H3. The van der Waals surface area contributed by atoms with Crippen molar-refractivity contribution in [3.8, 4) is 0 Å². The highest BCUT2D eigenvalue weighted by Gasteiger charge is 2.40. The summed E-state index contributed by atoms with van der Waals surface area (Å²) in [5, 5.41) is -0.259. The number of hydrogen-bond donors (Lipinski definition) is 0. The number of carbonyl (C=O) groups excluding carboxylic acids is 2. The van der Waals surface area contributed by atoms with Gasteiger partial charge in [-0.05, 0) is 35.9 Å². The Morgan fingerprint density at radius 3 is 2.60 bits per heavy atom. The molecule has 130 valence electrons. The molecule has 2 amide bonds. The van der Waals surface area contributed by atoms with Crippen molar-refractivity contribution in [2.45, 2.75) is 31.7 Å². The minimum absolute atomic E-state index is 0.259. The van der Waals surface area contributed by atoms with Gasteiger partial charge >= 0.3 is 0 Å². The first-order chi connectivity index (χ1) is 12.2. The molecule has 1 fully saturated rings. The van der Waals surface area contributed by atoms with Crippen LogP contribution in [0.1, 0.15) is 23.9 Å². The van der Waals surface area contributed by atoms with E-state index in [4.69, 9.17) is 4.74 Å². The van der Waals surface area contributed by atoms with Gasteiger partial charge in [-0.25, -0.2) is 0 Å². The molecular weight excluding hydrogens is 336 g/mol. The molecule has 5 nitrogen and oxygen atoms in total. The predicted octanol–water partition coefficient (Wildman–Crippen LogP) is 3.42. The monoisotopic (exact) mass is 356 g/mol. The molecule has 3 rings (SSSR count). The van der Waals surface area contributed by atoms with Crippen molar-refractivity contribution in [2.75, 3.05) is 6.61 Å². The molecule has 2 heterocycles. The summed E-state index contributed by atoms with van der Waals surface area (Å²) in [5.74, 6) is -0.283. The summed E-state index contributed by atoms with van der Waals surface area (Å²) in [6.07, 6.45) is 1.50. The molecule has 1 aromatic carbocycles. The van der Waals surface area contributed by atoms with Crippen LogP contribution in [0.5, 0.6) is 0 Å². The number of aryl methyl sites for hydroxylation is 1. The summed E-state index contributed by atoms with van der Waals surface area (Å²) >= 11 is 0.939. The molecule has 0 bridgehead atoms. The van der Waals surface area contributed by atoms with Crippen LogP contribution < -0.4 is 0 Å². The fourth-order valence-electron chi connectivity index (χ4n) is 2.57. The molecule has 2 aromatic rings. The molecule has 1 unspecified atom stereocenters. The third-order valence-electron chi connectivity index (χ3n) is 3.93. The first-order valence-corrected chi connectivity index (χ1v) is 9.17. The first kappa shape index (κ1) is 17.6. The maximum atomic E-state index is 12.4. The largest absolute Gasteiger partial charge is 0.357 e. The Morgan fingerprint density at radius 2 is 1.84 bits per heavy atom. The SMILES string of the molecule is CCc1cccc(CCOC2SC(=O)N(Cc3ccccc3)C2=O)n1. The molecule has 1 saturated heterocycles. The second-order valence-corrected chi connectivity index (χ2v) is 6.73. The number of ether oxygens (including phenoxy) is 1. The summed E-state index contributed by atoms with van der Waals surface area (Å²) in [4.78, 5) is 30.3. The zero-order valence-corrected chi connectivity index (χ0v) is 14.9. The van der Waals surface area contributed by atoms with Gasteiger partial charge in [0.05, 0.1) is 13.2 Å². The Labute approximate surface area is 151 Å². The van der Waals surface area contributed by atoms with E-state index in [1.165, 1.54) is 4.90 Å². The summed E-state index contributed by atoms with van der Waals surface area (Å²) in [6, 6.07) is 15.4. The minimum atomic E-state index is -0.759. The van der Waals surface area contributed by atoms with Gasteiger partial charge in [-0.1, -0.05) is 43.3 Å². The summed E-state index contributed by atoms with van der Waals surface area (Å²) < 4.78 is 5.64. The number of imide groups is 1. The molecule has 0 saturated carbocycles. The topological polar surface area (TPSA) is 59.5 Å². The fraction of sp³-hybridized carbons (Fsp3) is 0.316. The maximum Gasteiger partial charge on any atom is 0.291 e. The Kier molecular flexibility index (Phi) is 5.83. The number of carbonyl (C=O) groups is 2. The van der Waals surface area contributed by atoms with Gasteiger partial charge in [-0.2, -0.15) is 0 Å². The van der Waals surface area contributed by atoms with E-state index in [2.05, 4.69) is 11.9 Å². The van der Waals surface area contributed by atoms with Crippen LogP contribution in [0, 0.1) is 0 Å². The lowest BCUT2D eigenvalue weighted by molar-refractivity contribution is -0.134.